The average molecular weight is 403 g/mol. The smallest absolute Gasteiger partial charge is 0.432 e. The molecule has 0 aliphatic carbocycles. The summed E-state index contributed by atoms with van der Waals surface area (Å²) in [6.45, 7) is 4.56. The van der Waals surface area contributed by atoms with Gasteiger partial charge in [0, 0.05) is 0 Å². The number of nitrogens with zero attached hydrogens (tertiary/aromatic N) is 4. The van der Waals surface area contributed by atoms with Crippen molar-refractivity contribution in [1.82, 2.24) is 19.5 Å². The predicted octanol–water partition coefficient (Wildman–Crippen LogP) is 1.49. The van der Waals surface area contributed by atoms with E-state index >= 15 is 0 Å². The SMILES string of the molecule is CC(C)OC(=O)OCOP(=O)(O)CO[C@H](C)Cn1cnc2c(N)ncnc21. The Kier molecular flexibility index (Phi) is 7.08. The van der Waals surface area contributed by atoms with Crippen LogP contribution in [-0.2, 0) is 29.8 Å². The highest BCUT2D eigenvalue weighted by atomic mass is 31.2. The van der Waals surface area contributed by atoms with Crippen molar-refractivity contribution in [3.63, 3.8) is 0 Å². The van der Waals surface area contributed by atoms with Crippen LogP contribution in [0.25, 0.3) is 11.2 Å². The van der Waals surface area contributed by atoms with Gasteiger partial charge in [-0.1, -0.05) is 0 Å². The van der Waals surface area contributed by atoms with Gasteiger partial charge in [0.15, 0.2) is 11.5 Å². The van der Waals surface area contributed by atoms with Crippen molar-refractivity contribution in [1.29, 1.82) is 0 Å². The number of nitrogen functional groups attached to an aromatic ring is 1. The number of hydrogen-bond acceptors (Lipinski definition) is 10. The minimum absolute atomic E-state index is 0.261. The van der Waals surface area contributed by atoms with E-state index in [0.29, 0.717) is 17.7 Å². The zero-order valence-electron chi connectivity index (χ0n) is 15.1. The van der Waals surface area contributed by atoms with Crippen LogP contribution in [0.5, 0.6) is 0 Å². The molecule has 150 valence electrons. The molecule has 2 aromatic heterocycles. The normalized spacial score (nSPS) is 14.9. The molecule has 2 heterocycles. The number of hydrogen-bond donors (Lipinski definition) is 2. The summed E-state index contributed by atoms with van der Waals surface area (Å²) < 4.78 is 32.8. The molecule has 0 saturated carbocycles. The van der Waals surface area contributed by atoms with Crippen molar-refractivity contribution in [2.24, 2.45) is 0 Å². The van der Waals surface area contributed by atoms with Gasteiger partial charge >= 0.3 is 13.8 Å². The standard InChI is InChI=1S/C14H22N5O7P/c1-9(2)26-14(20)23-7-25-27(21,22)8-24-10(3)4-19-6-18-11-12(15)16-5-17-13(11)19/h5-6,9-10H,4,7-8H2,1-3H3,(H,21,22)(H2,15,16,17)/t10-/m1/s1. The van der Waals surface area contributed by atoms with Gasteiger partial charge < -0.3 is 29.4 Å². The first kappa shape index (κ1) is 21.0. The van der Waals surface area contributed by atoms with Gasteiger partial charge in [-0.2, -0.15) is 0 Å². The van der Waals surface area contributed by atoms with Crippen LogP contribution < -0.4 is 5.73 Å². The quantitative estimate of drug-likeness (QED) is 0.354. The van der Waals surface area contributed by atoms with Gasteiger partial charge in [0.25, 0.3) is 0 Å². The summed E-state index contributed by atoms with van der Waals surface area (Å²) in [4.78, 5) is 33.0. The Labute approximate surface area is 155 Å². The van der Waals surface area contributed by atoms with E-state index in [1.165, 1.54) is 12.7 Å². The average Bonchev–Trinajstić information content (AvgIpc) is 2.97. The summed E-state index contributed by atoms with van der Waals surface area (Å²) in [5, 5.41) is 0. The topological polar surface area (TPSA) is 161 Å². The Morgan fingerprint density at radius 3 is 2.78 bits per heavy atom. The molecule has 2 atom stereocenters. The Hall–Kier alpha value is -2.27. The second-order valence-corrected chi connectivity index (χ2v) is 7.67. The van der Waals surface area contributed by atoms with Crippen molar-refractivity contribution in [3.05, 3.63) is 12.7 Å². The summed E-state index contributed by atoms with van der Waals surface area (Å²) in [7, 11) is -4.11. The van der Waals surface area contributed by atoms with E-state index < -0.39 is 33.0 Å². The van der Waals surface area contributed by atoms with E-state index in [0.717, 1.165) is 0 Å². The molecule has 27 heavy (non-hydrogen) atoms. The zero-order chi connectivity index (χ0) is 20.0. The van der Waals surface area contributed by atoms with Gasteiger partial charge in [0.2, 0.25) is 6.79 Å². The zero-order valence-corrected chi connectivity index (χ0v) is 16.0. The highest BCUT2D eigenvalue weighted by Gasteiger charge is 2.23. The molecule has 3 N–H and O–H groups in total. The number of nitrogens with two attached hydrogens (primary N) is 1. The molecule has 0 bridgehead atoms. The lowest BCUT2D eigenvalue weighted by atomic mass is 10.4. The van der Waals surface area contributed by atoms with E-state index in [4.69, 9.17) is 15.2 Å². The van der Waals surface area contributed by atoms with Crippen LogP contribution in [0.3, 0.4) is 0 Å². The summed E-state index contributed by atoms with van der Waals surface area (Å²) in [6.07, 6.45) is 0.435. The Bertz CT molecular complexity index is 827. The first-order valence-corrected chi connectivity index (χ1v) is 9.77. The van der Waals surface area contributed by atoms with Gasteiger partial charge in [0.1, 0.15) is 18.2 Å². The highest BCUT2D eigenvalue weighted by molar-refractivity contribution is 7.52. The number of carbonyl (C=O) groups excluding carboxylic acids is 1. The second-order valence-electron chi connectivity index (χ2n) is 5.88. The minimum Gasteiger partial charge on any atom is -0.432 e. The van der Waals surface area contributed by atoms with E-state index in [2.05, 4.69) is 24.2 Å². The largest absolute Gasteiger partial charge is 0.510 e. The lowest BCUT2D eigenvalue weighted by molar-refractivity contribution is -0.0152. The number of imidazole rings is 1. The molecule has 0 aromatic carbocycles. The Morgan fingerprint density at radius 2 is 2.07 bits per heavy atom. The molecule has 13 heteroatoms. The van der Waals surface area contributed by atoms with Crippen LogP contribution in [0.4, 0.5) is 10.6 Å². The van der Waals surface area contributed by atoms with Crippen molar-refractivity contribution in [2.75, 3.05) is 18.9 Å². The molecule has 12 nitrogen and oxygen atoms in total. The minimum atomic E-state index is -4.11. The van der Waals surface area contributed by atoms with Crippen molar-refractivity contribution < 1.29 is 33.0 Å². The highest BCUT2D eigenvalue weighted by Crippen LogP contribution is 2.42. The van der Waals surface area contributed by atoms with Crippen LogP contribution >= 0.6 is 7.60 Å². The fourth-order valence-electron chi connectivity index (χ4n) is 2.00. The maximum Gasteiger partial charge on any atom is 0.510 e. The van der Waals surface area contributed by atoms with Gasteiger partial charge in [-0.15, -0.1) is 0 Å². The maximum absolute atomic E-state index is 11.9. The van der Waals surface area contributed by atoms with Gasteiger partial charge in [-0.05, 0) is 20.8 Å². The van der Waals surface area contributed by atoms with Gasteiger partial charge in [0.05, 0.1) is 25.1 Å². The summed E-state index contributed by atoms with van der Waals surface area (Å²) in [6, 6.07) is 0. The van der Waals surface area contributed by atoms with Gasteiger partial charge in [-0.3, -0.25) is 9.09 Å². The number of aromatic nitrogens is 4. The van der Waals surface area contributed by atoms with Crippen LogP contribution in [-0.4, -0.2) is 55.9 Å². The fourth-order valence-corrected chi connectivity index (χ4v) is 2.74. The molecule has 0 aliphatic heterocycles. The van der Waals surface area contributed by atoms with Crippen LogP contribution in [0.15, 0.2) is 12.7 Å². The third-order valence-electron chi connectivity index (χ3n) is 3.17. The molecule has 0 spiro atoms. The van der Waals surface area contributed by atoms with E-state index in [9.17, 15) is 14.3 Å². The molecule has 2 aromatic rings. The maximum atomic E-state index is 11.9. The van der Waals surface area contributed by atoms with Crippen molar-refractivity contribution in [2.45, 2.75) is 39.5 Å². The van der Waals surface area contributed by atoms with Crippen LogP contribution in [0.2, 0.25) is 0 Å². The number of carbonyl (C=O) groups is 1. The molecular formula is C14H22N5O7P. The van der Waals surface area contributed by atoms with E-state index in [-0.39, 0.29) is 11.9 Å². The first-order chi connectivity index (χ1) is 12.7. The third kappa shape index (κ3) is 6.43. The number of rotatable bonds is 9. The lowest BCUT2D eigenvalue weighted by Gasteiger charge is -2.17. The first-order valence-electron chi connectivity index (χ1n) is 8.00. The molecule has 0 aliphatic rings. The molecular weight excluding hydrogens is 381 g/mol. The molecule has 0 radical (unpaired) electrons. The van der Waals surface area contributed by atoms with E-state index in [1.54, 1.807) is 25.3 Å². The van der Waals surface area contributed by atoms with Crippen molar-refractivity contribution in [3.8, 4) is 0 Å². The summed E-state index contributed by atoms with van der Waals surface area (Å²) in [5.41, 5.74) is 6.71. The lowest BCUT2D eigenvalue weighted by Crippen LogP contribution is -2.18. The van der Waals surface area contributed by atoms with Crippen LogP contribution in [0.1, 0.15) is 20.8 Å². The summed E-state index contributed by atoms with van der Waals surface area (Å²) in [5.74, 6) is 0.261. The third-order valence-corrected chi connectivity index (χ3v) is 4.15. The fraction of sp³-hybridized carbons (Fsp3) is 0.571. The van der Waals surface area contributed by atoms with E-state index in [1.807, 2.05) is 0 Å². The number of fused-ring (bicyclic) bond motifs is 1. The molecule has 0 amide bonds. The predicted molar refractivity (Wildman–Crippen MR) is 93.6 cm³/mol. The second kappa shape index (κ2) is 9.09. The monoisotopic (exact) mass is 403 g/mol. The number of ether oxygens (including phenoxy) is 3. The van der Waals surface area contributed by atoms with Crippen molar-refractivity contribution >= 4 is 30.7 Å². The number of anilines is 1. The summed E-state index contributed by atoms with van der Waals surface area (Å²) >= 11 is 0. The molecule has 0 saturated heterocycles. The molecule has 1 unspecified atom stereocenters. The Morgan fingerprint density at radius 1 is 1.33 bits per heavy atom. The Balaban J connectivity index is 1.79. The van der Waals surface area contributed by atoms with Crippen LogP contribution in [0, 0.1) is 0 Å². The van der Waals surface area contributed by atoms with Gasteiger partial charge in [-0.25, -0.2) is 19.7 Å². The molecule has 0 fully saturated rings. The molecule has 2 rings (SSSR count).